The van der Waals surface area contributed by atoms with Gasteiger partial charge >= 0.3 is 0 Å². The van der Waals surface area contributed by atoms with Crippen LogP contribution in [0.25, 0.3) is 17.1 Å². The van der Waals surface area contributed by atoms with Crippen LogP contribution in [0.4, 0.5) is 5.69 Å². The first kappa shape index (κ1) is 12.3. The maximum absolute atomic E-state index is 5.70. The van der Waals surface area contributed by atoms with Crippen molar-refractivity contribution in [3.05, 3.63) is 54.1 Å². The van der Waals surface area contributed by atoms with Gasteiger partial charge in [-0.15, -0.1) is 5.10 Å². The minimum absolute atomic E-state index is 0.703. The zero-order chi connectivity index (χ0) is 13.9. The molecule has 5 heteroatoms. The van der Waals surface area contributed by atoms with E-state index in [-0.39, 0.29) is 0 Å². The van der Waals surface area contributed by atoms with E-state index in [2.05, 4.69) is 34.6 Å². The van der Waals surface area contributed by atoms with Crippen LogP contribution in [0.2, 0.25) is 0 Å². The molecule has 0 aliphatic carbocycles. The number of aromatic nitrogens is 4. The lowest BCUT2D eigenvalue weighted by Crippen LogP contribution is -2.00. The number of nitrogens with two attached hydrogens (primary N) is 1. The monoisotopic (exact) mass is 265 g/mol. The summed E-state index contributed by atoms with van der Waals surface area (Å²) in [6.45, 7) is 2.13. The van der Waals surface area contributed by atoms with Gasteiger partial charge in [0, 0.05) is 11.3 Å². The molecule has 0 unspecified atom stereocenters. The van der Waals surface area contributed by atoms with Crippen LogP contribution in [-0.4, -0.2) is 20.2 Å². The predicted molar refractivity (Wildman–Crippen MR) is 78.4 cm³/mol. The summed E-state index contributed by atoms with van der Waals surface area (Å²) in [4.78, 5) is 0. The highest BCUT2D eigenvalue weighted by atomic mass is 15.5. The Kier molecular flexibility index (Phi) is 3.16. The van der Waals surface area contributed by atoms with E-state index in [1.54, 1.807) is 4.68 Å². The Bertz CT molecular complexity index is 698. The molecule has 0 amide bonds. The van der Waals surface area contributed by atoms with Crippen LogP contribution in [0.15, 0.2) is 48.5 Å². The van der Waals surface area contributed by atoms with Crippen LogP contribution >= 0.6 is 0 Å². The van der Waals surface area contributed by atoms with Crippen molar-refractivity contribution in [3.8, 4) is 17.1 Å². The van der Waals surface area contributed by atoms with Gasteiger partial charge in [-0.3, -0.25) is 0 Å². The van der Waals surface area contributed by atoms with Crippen molar-refractivity contribution in [1.82, 2.24) is 20.2 Å². The maximum atomic E-state index is 5.70. The second-order valence-corrected chi connectivity index (χ2v) is 4.56. The number of nitrogen functional groups attached to an aromatic ring is 1. The summed E-state index contributed by atoms with van der Waals surface area (Å²) in [5.74, 6) is 0.703. The van der Waals surface area contributed by atoms with Gasteiger partial charge in [0.15, 0.2) is 5.82 Å². The summed E-state index contributed by atoms with van der Waals surface area (Å²) in [6.07, 6.45) is 1.01. The van der Waals surface area contributed by atoms with Gasteiger partial charge in [0.1, 0.15) is 0 Å². The van der Waals surface area contributed by atoms with Crippen LogP contribution in [0.1, 0.15) is 12.5 Å². The van der Waals surface area contributed by atoms with Gasteiger partial charge in [-0.25, -0.2) is 0 Å². The smallest absolute Gasteiger partial charge is 0.187 e. The molecule has 2 N–H and O–H groups in total. The molecule has 1 heterocycles. The van der Waals surface area contributed by atoms with Gasteiger partial charge in [-0.05, 0) is 58.8 Å². The predicted octanol–water partition coefficient (Wildman–Crippen LogP) is 2.47. The van der Waals surface area contributed by atoms with Crippen molar-refractivity contribution in [2.24, 2.45) is 0 Å². The lowest BCUT2D eigenvalue weighted by Gasteiger charge is -2.05. The number of nitrogens with zero attached hydrogens (tertiary/aromatic N) is 4. The van der Waals surface area contributed by atoms with Gasteiger partial charge in [0.25, 0.3) is 0 Å². The molecular formula is C15H15N5. The lowest BCUT2D eigenvalue weighted by atomic mass is 10.1. The molecule has 0 bridgehead atoms. The molecule has 3 aromatic rings. The van der Waals surface area contributed by atoms with Crippen molar-refractivity contribution in [3.63, 3.8) is 0 Å². The Labute approximate surface area is 117 Å². The fraction of sp³-hybridized carbons (Fsp3) is 0.133. The first-order chi connectivity index (χ1) is 9.78. The molecule has 20 heavy (non-hydrogen) atoms. The van der Waals surface area contributed by atoms with E-state index in [0.717, 1.165) is 23.4 Å². The average Bonchev–Trinajstić information content (AvgIpc) is 2.97. The van der Waals surface area contributed by atoms with Crippen LogP contribution in [0.3, 0.4) is 0 Å². The number of rotatable bonds is 3. The zero-order valence-corrected chi connectivity index (χ0v) is 11.2. The highest BCUT2D eigenvalue weighted by Gasteiger charge is 2.10. The molecule has 0 atom stereocenters. The summed E-state index contributed by atoms with van der Waals surface area (Å²) in [5, 5.41) is 11.9. The van der Waals surface area contributed by atoms with Gasteiger partial charge in [0.05, 0.1) is 5.69 Å². The molecule has 0 radical (unpaired) electrons. The fourth-order valence-electron chi connectivity index (χ4n) is 2.05. The van der Waals surface area contributed by atoms with Crippen LogP contribution in [-0.2, 0) is 6.42 Å². The van der Waals surface area contributed by atoms with Crippen LogP contribution in [0.5, 0.6) is 0 Å². The normalized spacial score (nSPS) is 10.7. The van der Waals surface area contributed by atoms with E-state index in [9.17, 15) is 0 Å². The number of aryl methyl sites for hydroxylation is 1. The summed E-state index contributed by atoms with van der Waals surface area (Å²) >= 11 is 0. The van der Waals surface area contributed by atoms with Crippen molar-refractivity contribution < 1.29 is 0 Å². The Morgan fingerprint density at radius 2 is 1.70 bits per heavy atom. The topological polar surface area (TPSA) is 69.6 Å². The number of benzene rings is 2. The highest BCUT2D eigenvalue weighted by Crippen LogP contribution is 2.20. The first-order valence-corrected chi connectivity index (χ1v) is 6.51. The molecule has 2 aromatic carbocycles. The fourth-order valence-corrected chi connectivity index (χ4v) is 2.05. The zero-order valence-electron chi connectivity index (χ0n) is 11.2. The lowest BCUT2D eigenvalue weighted by molar-refractivity contribution is 0.791. The van der Waals surface area contributed by atoms with E-state index < -0.39 is 0 Å². The first-order valence-electron chi connectivity index (χ1n) is 6.51. The van der Waals surface area contributed by atoms with Crippen LogP contribution in [0, 0.1) is 0 Å². The standard InChI is InChI=1S/C15H15N5/c1-2-11-3-9-14(10-4-11)20-15(17-18-19-20)12-5-7-13(16)8-6-12/h3-10H,2,16H2,1H3. The third kappa shape index (κ3) is 2.25. The van der Waals surface area contributed by atoms with Gasteiger partial charge < -0.3 is 5.73 Å². The average molecular weight is 265 g/mol. The van der Waals surface area contributed by atoms with E-state index in [4.69, 9.17) is 5.73 Å². The molecule has 0 saturated heterocycles. The molecule has 1 aromatic heterocycles. The van der Waals surface area contributed by atoms with E-state index in [1.165, 1.54) is 5.56 Å². The largest absolute Gasteiger partial charge is 0.399 e. The molecule has 0 aliphatic heterocycles. The molecule has 0 aliphatic rings. The number of hydrogen-bond donors (Lipinski definition) is 1. The maximum Gasteiger partial charge on any atom is 0.187 e. The molecule has 0 spiro atoms. The Balaban J connectivity index is 2.02. The molecular weight excluding hydrogens is 250 g/mol. The second kappa shape index (κ2) is 5.13. The van der Waals surface area contributed by atoms with E-state index in [1.807, 2.05) is 36.4 Å². The third-order valence-electron chi connectivity index (χ3n) is 3.23. The minimum Gasteiger partial charge on any atom is -0.399 e. The van der Waals surface area contributed by atoms with Gasteiger partial charge in [0.2, 0.25) is 0 Å². The van der Waals surface area contributed by atoms with Crippen molar-refractivity contribution in [2.45, 2.75) is 13.3 Å². The number of tetrazole rings is 1. The van der Waals surface area contributed by atoms with E-state index >= 15 is 0 Å². The SMILES string of the molecule is CCc1ccc(-n2nnnc2-c2ccc(N)cc2)cc1. The Morgan fingerprint density at radius 3 is 2.35 bits per heavy atom. The molecule has 100 valence electrons. The van der Waals surface area contributed by atoms with Crippen LogP contribution < -0.4 is 5.73 Å². The van der Waals surface area contributed by atoms with Crippen molar-refractivity contribution in [1.29, 1.82) is 0 Å². The van der Waals surface area contributed by atoms with Crippen molar-refractivity contribution in [2.75, 3.05) is 5.73 Å². The summed E-state index contributed by atoms with van der Waals surface area (Å²) in [5.41, 5.74) is 9.59. The number of hydrogen-bond acceptors (Lipinski definition) is 4. The molecule has 3 rings (SSSR count). The van der Waals surface area contributed by atoms with Gasteiger partial charge in [-0.2, -0.15) is 4.68 Å². The van der Waals surface area contributed by atoms with Gasteiger partial charge in [-0.1, -0.05) is 19.1 Å². The summed E-state index contributed by atoms with van der Waals surface area (Å²) in [6, 6.07) is 15.7. The highest BCUT2D eigenvalue weighted by molar-refractivity contribution is 5.60. The summed E-state index contributed by atoms with van der Waals surface area (Å²) in [7, 11) is 0. The Morgan fingerprint density at radius 1 is 1.00 bits per heavy atom. The summed E-state index contributed by atoms with van der Waals surface area (Å²) < 4.78 is 1.73. The minimum atomic E-state index is 0.703. The van der Waals surface area contributed by atoms with E-state index in [0.29, 0.717) is 5.82 Å². The number of anilines is 1. The third-order valence-corrected chi connectivity index (χ3v) is 3.23. The quantitative estimate of drug-likeness (QED) is 0.739. The molecule has 0 fully saturated rings. The Hall–Kier alpha value is -2.69. The molecule has 5 nitrogen and oxygen atoms in total. The second-order valence-electron chi connectivity index (χ2n) is 4.56. The molecule has 0 saturated carbocycles. The van der Waals surface area contributed by atoms with Crippen molar-refractivity contribution >= 4 is 5.69 Å².